The molecule has 3 aromatic rings. The van der Waals surface area contributed by atoms with Crippen molar-refractivity contribution in [3.8, 4) is 5.88 Å². The molecule has 11 heteroatoms. The molecular weight excluding hydrogens is 445 g/mol. The normalized spacial score (nSPS) is 13.1. The van der Waals surface area contributed by atoms with Crippen molar-refractivity contribution in [2.75, 3.05) is 25.5 Å². The largest absolute Gasteiger partial charge is 0.467 e. The van der Waals surface area contributed by atoms with Gasteiger partial charge >= 0.3 is 6.18 Å². The Morgan fingerprint density at radius 1 is 1.22 bits per heavy atom. The van der Waals surface area contributed by atoms with Crippen molar-refractivity contribution in [2.45, 2.75) is 25.4 Å². The number of hydrogen-bond donors (Lipinski definition) is 1. The second kappa shape index (κ2) is 8.73. The van der Waals surface area contributed by atoms with Crippen LogP contribution in [0.25, 0.3) is 10.2 Å². The summed E-state index contributed by atoms with van der Waals surface area (Å²) in [7, 11) is 1.37. The van der Waals surface area contributed by atoms with Crippen LogP contribution in [0.1, 0.15) is 22.4 Å². The summed E-state index contributed by atoms with van der Waals surface area (Å²) in [6.07, 6.45) is -0.274. The smallest absolute Gasteiger partial charge is 0.418 e. The van der Waals surface area contributed by atoms with Crippen molar-refractivity contribution in [2.24, 2.45) is 0 Å². The Hall–Kier alpha value is -3.21. The molecule has 0 saturated carbocycles. The Morgan fingerprint density at radius 3 is 2.78 bits per heavy atom. The van der Waals surface area contributed by atoms with Crippen LogP contribution in [-0.2, 0) is 28.6 Å². The van der Waals surface area contributed by atoms with E-state index < -0.39 is 30.1 Å². The van der Waals surface area contributed by atoms with Crippen LogP contribution < -0.4 is 10.1 Å². The standard InChI is InChI=1S/C21H19F3N4O3S/c1-28(9-16(29)27-14-7-3-2-6-13(14)21(22,23)24)17(30)10-31-19-18-12-5-4-8-15(12)32-20(18)26-11-25-19/h2-3,6-7,11H,4-5,8-10H2,1H3,(H,27,29). The van der Waals surface area contributed by atoms with Gasteiger partial charge in [0.15, 0.2) is 6.61 Å². The van der Waals surface area contributed by atoms with Crippen LogP contribution in [0, 0.1) is 0 Å². The van der Waals surface area contributed by atoms with Gasteiger partial charge in [0.25, 0.3) is 5.91 Å². The molecule has 1 aromatic carbocycles. The Kier molecular flexibility index (Phi) is 6.00. The number of aromatic nitrogens is 2. The summed E-state index contributed by atoms with van der Waals surface area (Å²) in [5.74, 6) is -0.944. The number of aryl methyl sites for hydroxylation is 2. The second-order valence-corrected chi connectivity index (χ2v) is 8.43. The number of rotatable bonds is 6. The number of halogens is 3. The minimum atomic E-state index is -4.61. The van der Waals surface area contributed by atoms with Crippen molar-refractivity contribution in [3.63, 3.8) is 0 Å². The number of hydrogen-bond acceptors (Lipinski definition) is 6. The predicted molar refractivity (Wildman–Crippen MR) is 113 cm³/mol. The van der Waals surface area contributed by atoms with Crippen molar-refractivity contribution in [1.82, 2.24) is 14.9 Å². The zero-order chi connectivity index (χ0) is 22.9. The van der Waals surface area contributed by atoms with Gasteiger partial charge in [-0.05, 0) is 37.0 Å². The molecule has 2 aromatic heterocycles. The van der Waals surface area contributed by atoms with E-state index in [0.717, 1.165) is 52.1 Å². The zero-order valence-corrected chi connectivity index (χ0v) is 17.8. The van der Waals surface area contributed by atoms with Gasteiger partial charge in [-0.3, -0.25) is 9.59 Å². The minimum absolute atomic E-state index is 0.319. The van der Waals surface area contributed by atoms with E-state index >= 15 is 0 Å². The summed E-state index contributed by atoms with van der Waals surface area (Å²) in [6, 6.07) is 4.66. The van der Waals surface area contributed by atoms with Crippen molar-refractivity contribution >= 4 is 39.1 Å². The molecule has 0 spiro atoms. The number of thiophene rings is 1. The first kappa shape index (κ1) is 22.0. The maximum Gasteiger partial charge on any atom is 0.418 e. The van der Waals surface area contributed by atoms with E-state index in [4.69, 9.17) is 4.74 Å². The van der Waals surface area contributed by atoms with E-state index in [1.54, 1.807) is 11.3 Å². The van der Waals surface area contributed by atoms with Crippen molar-refractivity contribution in [3.05, 3.63) is 46.6 Å². The third-order valence-corrected chi connectivity index (χ3v) is 6.31. The number of amides is 2. The maximum absolute atomic E-state index is 13.1. The molecular formula is C21H19F3N4O3S. The Labute approximate surface area is 185 Å². The molecule has 168 valence electrons. The maximum atomic E-state index is 13.1. The van der Waals surface area contributed by atoms with Gasteiger partial charge in [-0.25, -0.2) is 9.97 Å². The first-order valence-corrected chi connectivity index (χ1v) is 10.6. The van der Waals surface area contributed by atoms with Gasteiger partial charge in [-0.15, -0.1) is 11.3 Å². The highest BCUT2D eigenvalue weighted by Gasteiger charge is 2.33. The summed E-state index contributed by atoms with van der Waals surface area (Å²) < 4.78 is 44.9. The van der Waals surface area contributed by atoms with Gasteiger partial charge in [0.05, 0.1) is 23.2 Å². The van der Waals surface area contributed by atoms with E-state index in [-0.39, 0.29) is 12.3 Å². The number of carbonyl (C=O) groups excluding carboxylic acids is 2. The summed E-state index contributed by atoms with van der Waals surface area (Å²) in [5, 5.41) is 3.03. The van der Waals surface area contributed by atoms with E-state index in [2.05, 4.69) is 15.3 Å². The molecule has 0 atom stereocenters. The average Bonchev–Trinajstić information content (AvgIpc) is 3.32. The lowest BCUT2D eigenvalue weighted by atomic mass is 10.1. The Bertz CT molecular complexity index is 1180. The third-order valence-electron chi connectivity index (χ3n) is 5.11. The van der Waals surface area contributed by atoms with Crippen LogP contribution in [0.4, 0.5) is 18.9 Å². The molecule has 1 aliphatic rings. The molecule has 1 N–H and O–H groups in total. The molecule has 1 aliphatic carbocycles. The number of nitrogens with one attached hydrogen (secondary N) is 1. The van der Waals surface area contributed by atoms with Crippen molar-refractivity contribution < 1.29 is 27.5 Å². The van der Waals surface area contributed by atoms with E-state index in [0.29, 0.717) is 5.88 Å². The molecule has 0 radical (unpaired) electrons. The minimum Gasteiger partial charge on any atom is -0.467 e. The fourth-order valence-electron chi connectivity index (χ4n) is 3.58. The lowest BCUT2D eigenvalue weighted by Crippen LogP contribution is -2.38. The molecule has 2 heterocycles. The molecule has 0 unspecified atom stereocenters. The number of benzene rings is 1. The van der Waals surface area contributed by atoms with Crippen LogP contribution >= 0.6 is 11.3 Å². The zero-order valence-electron chi connectivity index (χ0n) is 17.0. The van der Waals surface area contributed by atoms with Crippen LogP contribution in [0.2, 0.25) is 0 Å². The highest BCUT2D eigenvalue weighted by molar-refractivity contribution is 7.18. The van der Waals surface area contributed by atoms with E-state index in [9.17, 15) is 22.8 Å². The Balaban J connectivity index is 1.37. The molecule has 0 saturated heterocycles. The summed E-state index contributed by atoms with van der Waals surface area (Å²) in [4.78, 5) is 36.2. The molecule has 7 nitrogen and oxygen atoms in total. The molecule has 0 fully saturated rings. The van der Waals surface area contributed by atoms with Crippen LogP contribution in [-0.4, -0.2) is 46.9 Å². The number of fused-ring (bicyclic) bond motifs is 3. The Morgan fingerprint density at radius 2 is 2.00 bits per heavy atom. The van der Waals surface area contributed by atoms with E-state index in [1.807, 2.05) is 0 Å². The summed E-state index contributed by atoms with van der Waals surface area (Å²) in [6.45, 7) is -0.791. The van der Waals surface area contributed by atoms with E-state index in [1.165, 1.54) is 30.4 Å². The van der Waals surface area contributed by atoms with Crippen LogP contribution in [0.3, 0.4) is 0 Å². The average molecular weight is 464 g/mol. The number of para-hydroxylation sites is 1. The number of likely N-dealkylation sites (N-methyl/N-ethyl adjacent to an activating group) is 1. The second-order valence-electron chi connectivity index (χ2n) is 7.35. The quantitative estimate of drug-likeness (QED) is 0.602. The topological polar surface area (TPSA) is 84.4 Å². The van der Waals surface area contributed by atoms with Gasteiger partial charge in [-0.2, -0.15) is 13.2 Å². The highest BCUT2D eigenvalue weighted by Crippen LogP contribution is 2.39. The molecule has 2 amide bonds. The number of anilines is 1. The SMILES string of the molecule is CN(CC(=O)Nc1ccccc1C(F)(F)F)C(=O)COc1ncnc2sc3c(c12)CCC3. The molecule has 0 aliphatic heterocycles. The first-order valence-electron chi connectivity index (χ1n) is 9.82. The fourth-order valence-corrected chi connectivity index (χ4v) is 4.80. The van der Waals surface area contributed by atoms with Crippen LogP contribution in [0.5, 0.6) is 5.88 Å². The lowest BCUT2D eigenvalue weighted by Gasteiger charge is -2.18. The number of alkyl halides is 3. The van der Waals surface area contributed by atoms with Gasteiger partial charge in [0, 0.05) is 11.9 Å². The first-order chi connectivity index (χ1) is 15.2. The monoisotopic (exact) mass is 464 g/mol. The van der Waals surface area contributed by atoms with Crippen molar-refractivity contribution in [1.29, 1.82) is 0 Å². The van der Waals surface area contributed by atoms with Crippen LogP contribution in [0.15, 0.2) is 30.6 Å². The molecule has 4 rings (SSSR count). The van der Waals surface area contributed by atoms with Gasteiger partial charge in [0.2, 0.25) is 11.8 Å². The molecule has 32 heavy (non-hydrogen) atoms. The van der Waals surface area contributed by atoms with Gasteiger partial charge in [0.1, 0.15) is 11.2 Å². The number of ether oxygens (including phenoxy) is 1. The highest BCUT2D eigenvalue weighted by atomic mass is 32.1. The number of carbonyl (C=O) groups is 2. The van der Waals surface area contributed by atoms with Gasteiger partial charge in [-0.1, -0.05) is 12.1 Å². The summed E-state index contributed by atoms with van der Waals surface area (Å²) in [5.41, 5.74) is -0.164. The predicted octanol–water partition coefficient (Wildman–Crippen LogP) is 3.67. The lowest BCUT2D eigenvalue weighted by molar-refractivity contribution is -0.137. The number of nitrogens with zero attached hydrogens (tertiary/aromatic N) is 3. The third kappa shape index (κ3) is 4.52. The van der Waals surface area contributed by atoms with Gasteiger partial charge < -0.3 is 15.0 Å². The summed E-state index contributed by atoms with van der Waals surface area (Å²) >= 11 is 1.59. The molecule has 0 bridgehead atoms. The fraction of sp³-hybridized carbons (Fsp3) is 0.333.